The molecule has 2 aromatic rings. The van der Waals surface area contributed by atoms with Gasteiger partial charge in [-0.3, -0.25) is 0 Å². The van der Waals surface area contributed by atoms with E-state index in [4.69, 9.17) is 0 Å². The molecule has 0 amide bonds. The lowest BCUT2D eigenvalue weighted by atomic mass is 10.2. The third-order valence-electron chi connectivity index (χ3n) is 5.23. The predicted molar refractivity (Wildman–Crippen MR) is 107 cm³/mol. The largest absolute Gasteiger partial charge is 0.303 e. The van der Waals surface area contributed by atoms with Crippen molar-refractivity contribution in [3.8, 4) is 0 Å². The fraction of sp³-hybridized carbons (Fsp3) is 0.409. The minimum Gasteiger partial charge on any atom is -0.303 e. The number of carbonyl (C=O) groups is 1. The summed E-state index contributed by atoms with van der Waals surface area (Å²) < 4.78 is 0. The van der Waals surface area contributed by atoms with Crippen molar-refractivity contribution in [2.45, 2.75) is 57.5 Å². The Labute approximate surface area is 148 Å². The molecule has 0 spiro atoms. The van der Waals surface area contributed by atoms with Gasteiger partial charge in [0, 0.05) is 5.54 Å². The molecule has 1 atom stereocenters. The fourth-order valence-electron chi connectivity index (χ4n) is 4.23. The van der Waals surface area contributed by atoms with Gasteiger partial charge in [-0.05, 0) is 11.5 Å². The Morgan fingerprint density at radius 1 is 0.917 bits per heavy atom. The summed E-state index contributed by atoms with van der Waals surface area (Å²) in [5, 5.41) is 2.79. The summed E-state index contributed by atoms with van der Waals surface area (Å²) in [6, 6.07) is 21.6. The van der Waals surface area contributed by atoms with Crippen LogP contribution in [0.15, 0.2) is 60.7 Å². The predicted octanol–water partition coefficient (Wildman–Crippen LogP) is 4.81. The third-order valence-corrected chi connectivity index (χ3v) is 11.6. The summed E-state index contributed by atoms with van der Waals surface area (Å²) in [5.74, 6) is 0. The van der Waals surface area contributed by atoms with Crippen molar-refractivity contribution in [2.24, 2.45) is 0 Å². The van der Waals surface area contributed by atoms with Gasteiger partial charge in [-0.15, -0.1) is 0 Å². The highest BCUT2D eigenvalue weighted by molar-refractivity contribution is 7.06. The van der Waals surface area contributed by atoms with E-state index in [1.54, 1.807) is 0 Å². The van der Waals surface area contributed by atoms with Crippen LogP contribution in [0.5, 0.6) is 0 Å². The van der Waals surface area contributed by atoms with Crippen LogP contribution in [-0.2, 0) is 4.79 Å². The summed E-state index contributed by atoms with van der Waals surface area (Å²) >= 11 is 0. The zero-order chi connectivity index (χ0) is 17.6. The van der Waals surface area contributed by atoms with E-state index in [2.05, 4.69) is 88.4 Å². The first kappa shape index (κ1) is 18.7. The van der Waals surface area contributed by atoms with E-state index >= 15 is 0 Å². The molecule has 128 valence electrons. The van der Waals surface area contributed by atoms with E-state index in [0.29, 0.717) is 0 Å². The molecule has 1 nitrogen and oxygen atoms in total. The molecular formula is C22H30OSi. The van der Waals surface area contributed by atoms with Crippen LogP contribution >= 0.6 is 0 Å². The first-order valence-electron chi connectivity index (χ1n) is 9.04. The van der Waals surface area contributed by atoms with Gasteiger partial charge < -0.3 is 4.79 Å². The lowest BCUT2D eigenvalue weighted by molar-refractivity contribution is -0.108. The van der Waals surface area contributed by atoms with Crippen molar-refractivity contribution in [2.75, 3.05) is 0 Å². The highest BCUT2D eigenvalue weighted by atomic mass is 28.3. The normalized spacial score (nSPS) is 13.5. The van der Waals surface area contributed by atoms with Gasteiger partial charge in [-0.1, -0.05) is 112 Å². The van der Waals surface area contributed by atoms with Crippen molar-refractivity contribution < 1.29 is 4.79 Å². The molecule has 1 unspecified atom stereocenters. The highest BCUT2D eigenvalue weighted by Gasteiger charge is 2.52. The molecule has 0 aliphatic rings. The molecule has 0 bridgehead atoms. The van der Waals surface area contributed by atoms with Gasteiger partial charge in [-0.2, -0.15) is 0 Å². The number of hydrogen-bond donors (Lipinski definition) is 0. The van der Waals surface area contributed by atoms with E-state index < -0.39 is 8.07 Å². The molecule has 0 radical (unpaired) electrons. The fourth-order valence-corrected chi connectivity index (χ4v) is 10.5. The average molecular weight is 339 g/mol. The maximum absolute atomic E-state index is 12.3. The topological polar surface area (TPSA) is 17.1 Å². The van der Waals surface area contributed by atoms with Crippen molar-refractivity contribution in [3.63, 3.8) is 0 Å². The molecule has 0 aliphatic heterocycles. The second kappa shape index (κ2) is 7.93. The van der Waals surface area contributed by atoms with Gasteiger partial charge in [0.2, 0.25) is 0 Å². The van der Waals surface area contributed by atoms with Gasteiger partial charge in [0.1, 0.15) is 14.4 Å². The number of unbranched alkanes of at least 4 members (excludes halogenated alkanes) is 1. The maximum Gasteiger partial charge on any atom is 0.133 e. The summed E-state index contributed by atoms with van der Waals surface area (Å²) in [4.78, 5) is 12.3. The van der Waals surface area contributed by atoms with Gasteiger partial charge >= 0.3 is 0 Å². The van der Waals surface area contributed by atoms with Crippen molar-refractivity contribution in [3.05, 3.63) is 60.7 Å². The average Bonchev–Trinajstić information content (AvgIpc) is 2.59. The Kier molecular flexibility index (Phi) is 6.17. The van der Waals surface area contributed by atoms with E-state index in [1.165, 1.54) is 16.7 Å². The third kappa shape index (κ3) is 3.39. The SMILES string of the molecule is CCCCC(C=O)[Si](c1ccccc1)(c1ccccc1)C(C)(C)C. The lowest BCUT2D eigenvalue weighted by Crippen LogP contribution is -2.67. The lowest BCUT2D eigenvalue weighted by Gasteiger charge is -2.47. The van der Waals surface area contributed by atoms with Crippen LogP contribution in [0, 0.1) is 0 Å². The first-order chi connectivity index (χ1) is 11.5. The molecule has 0 saturated heterocycles. The quantitative estimate of drug-likeness (QED) is 0.523. The van der Waals surface area contributed by atoms with E-state index in [0.717, 1.165) is 19.3 Å². The summed E-state index contributed by atoms with van der Waals surface area (Å²) in [7, 11) is -2.28. The van der Waals surface area contributed by atoms with E-state index in [1.807, 2.05) is 0 Å². The maximum atomic E-state index is 12.3. The van der Waals surface area contributed by atoms with E-state index in [9.17, 15) is 4.79 Å². The number of rotatable bonds is 7. The zero-order valence-electron chi connectivity index (χ0n) is 15.5. The minimum atomic E-state index is -2.28. The standard InChI is InChI=1S/C22H30OSi/c1-5-6-13-21(18-23)24(22(2,3)4,19-14-9-7-10-15-19)20-16-11-8-12-17-20/h7-12,14-18,21H,5-6,13H2,1-4H3. The molecule has 0 aromatic heterocycles. The second-order valence-corrected chi connectivity index (χ2v) is 12.7. The number of hydrogen-bond acceptors (Lipinski definition) is 1. The monoisotopic (exact) mass is 338 g/mol. The molecule has 0 heterocycles. The Balaban J connectivity index is 2.77. The first-order valence-corrected chi connectivity index (χ1v) is 11.1. The van der Waals surface area contributed by atoms with Gasteiger partial charge in [0.05, 0.1) is 0 Å². The van der Waals surface area contributed by atoms with Gasteiger partial charge in [-0.25, -0.2) is 0 Å². The van der Waals surface area contributed by atoms with Gasteiger partial charge in [0.15, 0.2) is 0 Å². The van der Waals surface area contributed by atoms with Crippen LogP contribution in [0.25, 0.3) is 0 Å². The smallest absolute Gasteiger partial charge is 0.133 e. The van der Waals surface area contributed by atoms with Gasteiger partial charge in [0.25, 0.3) is 0 Å². The van der Waals surface area contributed by atoms with Crippen LogP contribution in [0.1, 0.15) is 47.0 Å². The van der Waals surface area contributed by atoms with Crippen LogP contribution in [-0.4, -0.2) is 14.4 Å². The van der Waals surface area contributed by atoms with Crippen LogP contribution in [0.3, 0.4) is 0 Å². The molecule has 0 fully saturated rings. The molecule has 0 aliphatic carbocycles. The summed E-state index contributed by atoms with van der Waals surface area (Å²) in [6.07, 6.45) is 4.47. The van der Waals surface area contributed by atoms with E-state index in [-0.39, 0.29) is 10.6 Å². The Morgan fingerprint density at radius 3 is 1.71 bits per heavy atom. The van der Waals surface area contributed by atoms with Crippen molar-refractivity contribution >= 4 is 24.7 Å². The Bertz CT molecular complexity index is 589. The van der Waals surface area contributed by atoms with Crippen molar-refractivity contribution in [1.82, 2.24) is 0 Å². The molecule has 2 heteroatoms. The molecule has 0 saturated carbocycles. The molecule has 2 aromatic carbocycles. The van der Waals surface area contributed by atoms with Crippen LogP contribution in [0.4, 0.5) is 0 Å². The summed E-state index contributed by atoms with van der Waals surface area (Å²) in [5.41, 5.74) is 0.0993. The van der Waals surface area contributed by atoms with Crippen LogP contribution < -0.4 is 10.4 Å². The van der Waals surface area contributed by atoms with Crippen molar-refractivity contribution in [1.29, 1.82) is 0 Å². The Hall–Kier alpha value is -1.67. The highest BCUT2D eigenvalue weighted by Crippen LogP contribution is 2.44. The molecule has 24 heavy (non-hydrogen) atoms. The Morgan fingerprint density at radius 2 is 1.38 bits per heavy atom. The minimum absolute atomic E-state index is 0.0506. The van der Waals surface area contributed by atoms with Crippen LogP contribution in [0.2, 0.25) is 10.6 Å². The molecule has 0 N–H and O–H groups in total. The number of benzene rings is 2. The number of carbonyl (C=O) groups excluding carboxylic acids is 1. The zero-order valence-corrected chi connectivity index (χ0v) is 16.5. The molecule has 2 rings (SSSR count). The summed E-state index contributed by atoms with van der Waals surface area (Å²) in [6.45, 7) is 9.16. The molecular weight excluding hydrogens is 308 g/mol. The second-order valence-electron chi connectivity index (χ2n) is 7.67. The number of aldehydes is 1.